The van der Waals surface area contributed by atoms with Crippen LogP contribution in [0.25, 0.3) is 0 Å². The van der Waals surface area contributed by atoms with Gasteiger partial charge in [-0.05, 0) is 39.4 Å². The molecule has 1 aliphatic carbocycles. The van der Waals surface area contributed by atoms with E-state index in [9.17, 15) is 0 Å². The third-order valence-corrected chi connectivity index (χ3v) is 4.76. The first-order valence-electron chi connectivity index (χ1n) is 7.76. The summed E-state index contributed by atoms with van der Waals surface area (Å²) in [5, 5.41) is 3.69. The highest BCUT2D eigenvalue weighted by atomic mass is 15.2. The van der Waals surface area contributed by atoms with Crippen LogP contribution < -0.4 is 5.32 Å². The molecular weight excluding hydrogens is 248 g/mol. The smallest absolute Gasteiger partial charge is 0.115 e. The largest absolute Gasteiger partial charge is 0.309 e. The number of nitrogens with zero attached hydrogens (tertiary/aromatic N) is 3. The van der Waals surface area contributed by atoms with E-state index in [1.807, 2.05) is 12.4 Å². The number of likely N-dealkylation sites (N-methyl/N-ethyl adjacent to an activating group) is 2. The first-order valence-corrected chi connectivity index (χ1v) is 7.76. The van der Waals surface area contributed by atoms with Gasteiger partial charge in [0.1, 0.15) is 6.33 Å². The van der Waals surface area contributed by atoms with Gasteiger partial charge in [-0.3, -0.25) is 0 Å². The Labute approximate surface area is 123 Å². The molecule has 1 aromatic rings. The van der Waals surface area contributed by atoms with Crippen LogP contribution in [-0.2, 0) is 0 Å². The zero-order valence-corrected chi connectivity index (χ0v) is 13.3. The van der Waals surface area contributed by atoms with Gasteiger partial charge in [-0.25, -0.2) is 9.97 Å². The maximum atomic E-state index is 4.22. The predicted molar refractivity (Wildman–Crippen MR) is 82.5 cm³/mol. The molecule has 112 valence electrons. The van der Waals surface area contributed by atoms with Gasteiger partial charge < -0.3 is 10.2 Å². The van der Waals surface area contributed by atoms with Crippen molar-refractivity contribution >= 4 is 0 Å². The lowest BCUT2D eigenvalue weighted by Gasteiger charge is -2.50. The molecule has 4 nitrogen and oxygen atoms in total. The van der Waals surface area contributed by atoms with E-state index in [-0.39, 0.29) is 5.54 Å². The van der Waals surface area contributed by atoms with Crippen molar-refractivity contribution in [1.82, 2.24) is 20.2 Å². The average Bonchev–Trinajstić information content (AvgIpc) is 2.45. The molecule has 4 heteroatoms. The number of rotatable bonds is 5. The Hall–Kier alpha value is -1.00. The van der Waals surface area contributed by atoms with E-state index in [2.05, 4.69) is 48.1 Å². The molecule has 1 aliphatic rings. The van der Waals surface area contributed by atoms with E-state index in [1.165, 1.54) is 31.2 Å². The van der Waals surface area contributed by atoms with Crippen molar-refractivity contribution in [1.29, 1.82) is 0 Å². The molecule has 1 N–H and O–H groups in total. The molecule has 0 spiro atoms. The molecule has 3 unspecified atom stereocenters. The molecule has 1 aromatic heterocycles. The van der Waals surface area contributed by atoms with Crippen molar-refractivity contribution in [3.8, 4) is 0 Å². The minimum Gasteiger partial charge on any atom is -0.309 e. The molecule has 0 bridgehead atoms. The fourth-order valence-electron chi connectivity index (χ4n) is 3.77. The van der Waals surface area contributed by atoms with Crippen LogP contribution in [0.3, 0.4) is 0 Å². The summed E-state index contributed by atoms with van der Waals surface area (Å²) in [6.07, 6.45) is 10.6. The van der Waals surface area contributed by atoms with Crippen LogP contribution in [0.5, 0.6) is 0 Å². The van der Waals surface area contributed by atoms with E-state index in [4.69, 9.17) is 0 Å². The Morgan fingerprint density at radius 1 is 1.40 bits per heavy atom. The first-order chi connectivity index (χ1) is 9.60. The third-order valence-electron chi connectivity index (χ3n) is 4.76. The maximum absolute atomic E-state index is 4.22. The van der Waals surface area contributed by atoms with Gasteiger partial charge in [0.2, 0.25) is 0 Å². The highest BCUT2D eigenvalue weighted by molar-refractivity contribution is 5.18. The highest BCUT2D eigenvalue weighted by Crippen LogP contribution is 2.43. The van der Waals surface area contributed by atoms with Crippen molar-refractivity contribution < 1.29 is 0 Å². The van der Waals surface area contributed by atoms with E-state index in [1.54, 1.807) is 6.33 Å². The second-order valence-electron chi connectivity index (χ2n) is 6.36. The summed E-state index contributed by atoms with van der Waals surface area (Å²) in [6.45, 7) is 5.51. The number of hydrogen-bond acceptors (Lipinski definition) is 4. The molecule has 0 aliphatic heterocycles. The average molecular weight is 276 g/mol. The van der Waals surface area contributed by atoms with Gasteiger partial charge in [0.25, 0.3) is 0 Å². The van der Waals surface area contributed by atoms with Gasteiger partial charge in [-0.2, -0.15) is 0 Å². The molecule has 0 radical (unpaired) electrons. The molecule has 0 saturated heterocycles. The summed E-state index contributed by atoms with van der Waals surface area (Å²) in [7, 11) is 4.43. The van der Waals surface area contributed by atoms with E-state index in [0.29, 0.717) is 6.04 Å². The molecule has 20 heavy (non-hydrogen) atoms. The lowest BCUT2D eigenvalue weighted by Crippen LogP contribution is -2.56. The van der Waals surface area contributed by atoms with Crippen LogP contribution in [-0.4, -0.2) is 41.0 Å². The predicted octanol–water partition coefficient (Wildman–Crippen LogP) is 2.64. The number of hydrogen-bond donors (Lipinski definition) is 1. The zero-order valence-electron chi connectivity index (χ0n) is 13.3. The van der Waals surface area contributed by atoms with Gasteiger partial charge in [0.15, 0.2) is 0 Å². The van der Waals surface area contributed by atoms with E-state index >= 15 is 0 Å². The van der Waals surface area contributed by atoms with Crippen LogP contribution in [0, 0.1) is 5.92 Å². The minimum atomic E-state index is 0.165. The highest BCUT2D eigenvalue weighted by Gasteiger charge is 2.44. The summed E-state index contributed by atoms with van der Waals surface area (Å²) < 4.78 is 0. The van der Waals surface area contributed by atoms with Crippen LogP contribution in [0.2, 0.25) is 0 Å². The molecule has 1 fully saturated rings. The first kappa shape index (κ1) is 15.4. The topological polar surface area (TPSA) is 41.1 Å². The third kappa shape index (κ3) is 3.01. The van der Waals surface area contributed by atoms with Crippen LogP contribution in [0.1, 0.15) is 51.1 Å². The lowest BCUT2D eigenvalue weighted by molar-refractivity contribution is 0.0370. The zero-order chi connectivity index (χ0) is 14.6. The normalized spacial score (nSPS) is 28.6. The minimum absolute atomic E-state index is 0.165. The van der Waals surface area contributed by atoms with Gasteiger partial charge >= 0.3 is 0 Å². The van der Waals surface area contributed by atoms with Gasteiger partial charge in [-0.1, -0.05) is 26.7 Å². The monoisotopic (exact) mass is 276 g/mol. The SMILES string of the molecule is CCNC(c1cncnc1)C1(N(C)C)CCCC(C)C1. The van der Waals surface area contributed by atoms with Crippen molar-refractivity contribution in [2.45, 2.75) is 51.1 Å². The van der Waals surface area contributed by atoms with Crippen molar-refractivity contribution in [2.24, 2.45) is 5.92 Å². The Kier molecular flexibility index (Phi) is 5.11. The van der Waals surface area contributed by atoms with Crippen LogP contribution >= 0.6 is 0 Å². The van der Waals surface area contributed by atoms with Crippen molar-refractivity contribution in [3.05, 3.63) is 24.3 Å². The fourth-order valence-corrected chi connectivity index (χ4v) is 3.77. The van der Waals surface area contributed by atoms with Gasteiger partial charge in [0.05, 0.1) is 6.04 Å². The second kappa shape index (κ2) is 6.64. The van der Waals surface area contributed by atoms with Gasteiger partial charge in [0, 0.05) is 23.5 Å². The van der Waals surface area contributed by atoms with E-state index in [0.717, 1.165) is 12.5 Å². The molecule has 3 atom stereocenters. The number of aromatic nitrogens is 2. The molecule has 1 saturated carbocycles. The maximum Gasteiger partial charge on any atom is 0.115 e. The lowest BCUT2D eigenvalue weighted by atomic mass is 9.70. The summed E-state index contributed by atoms with van der Waals surface area (Å²) in [5.41, 5.74) is 1.37. The Morgan fingerprint density at radius 2 is 2.10 bits per heavy atom. The Morgan fingerprint density at radius 3 is 2.65 bits per heavy atom. The van der Waals surface area contributed by atoms with Crippen LogP contribution in [0.4, 0.5) is 0 Å². The summed E-state index contributed by atoms with van der Waals surface area (Å²) in [6, 6.07) is 0.298. The van der Waals surface area contributed by atoms with Crippen molar-refractivity contribution in [2.75, 3.05) is 20.6 Å². The fraction of sp³-hybridized carbons (Fsp3) is 0.750. The van der Waals surface area contributed by atoms with Crippen LogP contribution in [0.15, 0.2) is 18.7 Å². The summed E-state index contributed by atoms with van der Waals surface area (Å²) >= 11 is 0. The molecular formula is C16H28N4. The molecule has 1 heterocycles. The quantitative estimate of drug-likeness (QED) is 0.897. The van der Waals surface area contributed by atoms with Crippen molar-refractivity contribution in [3.63, 3.8) is 0 Å². The Bertz CT molecular complexity index is 406. The molecule has 2 rings (SSSR count). The van der Waals surface area contributed by atoms with Gasteiger partial charge in [-0.15, -0.1) is 0 Å². The summed E-state index contributed by atoms with van der Waals surface area (Å²) in [5.74, 6) is 0.775. The molecule has 0 amide bonds. The standard InChI is InChI=1S/C16H28N4/c1-5-19-15(14-10-17-12-18-11-14)16(20(3)4)8-6-7-13(2)9-16/h10-13,15,19H,5-9H2,1-4H3. The van der Waals surface area contributed by atoms with E-state index < -0.39 is 0 Å². The number of nitrogens with one attached hydrogen (secondary N) is 1. The molecule has 0 aromatic carbocycles. The second-order valence-corrected chi connectivity index (χ2v) is 6.36. The Balaban J connectivity index is 2.37. The summed E-state index contributed by atoms with van der Waals surface area (Å²) in [4.78, 5) is 10.9.